The molecule has 0 fully saturated rings. The number of carbonyl (C=O) groups is 1. The van der Waals surface area contributed by atoms with Gasteiger partial charge in [0.2, 0.25) is 0 Å². The number of aryl methyl sites for hydroxylation is 1. The molecule has 0 atom stereocenters. The molecular formula is C15H17N3O2S. The predicted octanol–water partition coefficient (Wildman–Crippen LogP) is 3.31. The molecular weight excluding hydrogens is 286 g/mol. The third-order valence-corrected chi connectivity index (χ3v) is 4.72. The number of aromatic nitrogens is 2. The van der Waals surface area contributed by atoms with Crippen LogP contribution in [0.3, 0.4) is 0 Å². The maximum Gasteiger partial charge on any atom is 0.348 e. The maximum atomic E-state index is 12.0. The smallest absolute Gasteiger partial charge is 0.348 e. The quantitative estimate of drug-likeness (QED) is 0.693. The van der Waals surface area contributed by atoms with E-state index in [2.05, 4.69) is 27.4 Å². The number of hydrogen-bond acceptors (Lipinski definition) is 6. The fourth-order valence-electron chi connectivity index (χ4n) is 2.50. The van der Waals surface area contributed by atoms with Gasteiger partial charge in [0.1, 0.15) is 21.9 Å². The van der Waals surface area contributed by atoms with Gasteiger partial charge in [0, 0.05) is 6.04 Å². The van der Waals surface area contributed by atoms with Gasteiger partial charge in [-0.05, 0) is 32.3 Å². The molecule has 2 aromatic rings. The minimum Gasteiger partial charge on any atom is -0.462 e. The van der Waals surface area contributed by atoms with Gasteiger partial charge in [0.15, 0.2) is 0 Å². The molecule has 5 nitrogen and oxygen atoms in total. The van der Waals surface area contributed by atoms with Crippen molar-refractivity contribution in [2.24, 2.45) is 0 Å². The van der Waals surface area contributed by atoms with Crippen molar-refractivity contribution in [3.05, 3.63) is 28.9 Å². The second-order valence-electron chi connectivity index (χ2n) is 4.96. The van der Waals surface area contributed by atoms with Crippen LogP contribution < -0.4 is 5.32 Å². The average Bonchev–Trinajstić information content (AvgIpc) is 3.08. The summed E-state index contributed by atoms with van der Waals surface area (Å²) < 4.78 is 5.10. The molecule has 0 spiro atoms. The third-order valence-electron chi connectivity index (χ3n) is 3.54. The molecule has 1 aliphatic rings. The van der Waals surface area contributed by atoms with E-state index in [9.17, 15) is 4.79 Å². The zero-order chi connectivity index (χ0) is 14.8. The summed E-state index contributed by atoms with van der Waals surface area (Å²) in [4.78, 5) is 22.1. The Labute approximate surface area is 127 Å². The fraction of sp³-hybridized carbons (Fsp3) is 0.400. The van der Waals surface area contributed by atoms with Crippen molar-refractivity contribution in [2.75, 3.05) is 11.9 Å². The van der Waals surface area contributed by atoms with Crippen LogP contribution in [-0.2, 0) is 4.74 Å². The van der Waals surface area contributed by atoms with E-state index in [1.807, 2.05) is 6.92 Å². The van der Waals surface area contributed by atoms with E-state index in [1.54, 1.807) is 6.92 Å². The van der Waals surface area contributed by atoms with Crippen LogP contribution in [0, 0.1) is 6.92 Å². The monoisotopic (exact) mass is 303 g/mol. The highest BCUT2D eigenvalue weighted by molar-refractivity contribution is 7.20. The summed E-state index contributed by atoms with van der Waals surface area (Å²) in [6, 6.07) is 0.369. The van der Waals surface area contributed by atoms with Crippen LogP contribution >= 0.6 is 11.3 Å². The van der Waals surface area contributed by atoms with E-state index in [1.165, 1.54) is 17.7 Å². The highest BCUT2D eigenvalue weighted by Crippen LogP contribution is 2.34. The van der Waals surface area contributed by atoms with Crippen molar-refractivity contribution in [1.82, 2.24) is 9.97 Å². The molecule has 0 saturated heterocycles. The van der Waals surface area contributed by atoms with Gasteiger partial charge in [-0.3, -0.25) is 0 Å². The molecule has 1 aliphatic carbocycles. The standard InChI is InChI=1S/C15H17N3O2S/c1-3-20-15(19)12-9(2)11-13(16-8-17-14(11)21-12)18-10-6-4-5-7-10/h4-5,8,10H,3,6-7H2,1-2H3,(H,16,17,18). The molecule has 0 aliphatic heterocycles. The number of hydrogen-bond donors (Lipinski definition) is 1. The van der Waals surface area contributed by atoms with Crippen LogP contribution in [0.4, 0.5) is 5.82 Å². The van der Waals surface area contributed by atoms with Crippen LogP contribution in [0.5, 0.6) is 0 Å². The van der Waals surface area contributed by atoms with Crippen LogP contribution in [0.25, 0.3) is 10.2 Å². The first-order chi connectivity index (χ1) is 10.2. The van der Waals surface area contributed by atoms with Gasteiger partial charge in [-0.2, -0.15) is 0 Å². The van der Waals surface area contributed by atoms with Gasteiger partial charge in [0.25, 0.3) is 0 Å². The molecule has 0 bridgehead atoms. The number of fused-ring (bicyclic) bond motifs is 1. The first-order valence-corrected chi connectivity index (χ1v) is 7.85. The molecule has 0 unspecified atom stereocenters. The molecule has 2 aromatic heterocycles. The van der Waals surface area contributed by atoms with Crippen molar-refractivity contribution in [1.29, 1.82) is 0 Å². The van der Waals surface area contributed by atoms with E-state index >= 15 is 0 Å². The van der Waals surface area contributed by atoms with Gasteiger partial charge < -0.3 is 10.1 Å². The largest absolute Gasteiger partial charge is 0.462 e. The fourth-order valence-corrected chi connectivity index (χ4v) is 3.54. The molecule has 21 heavy (non-hydrogen) atoms. The van der Waals surface area contributed by atoms with Gasteiger partial charge in [0.05, 0.1) is 12.0 Å². The number of anilines is 1. The Morgan fingerprint density at radius 2 is 2.19 bits per heavy atom. The van der Waals surface area contributed by atoms with E-state index in [-0.39, 0.29) is 5.97 Å². The van der Waals surface area contributed by atoms with Crippen molar-refractivity contribution in [3.8, 4) is 0 Å². The van der Waals surface area contributed by atoms with Crippen molar-refractivity contribution >= 4 is 33.3 Å². The Balaban J connectivity index is 1.99. The first kappa shape index (κ1) is 14.0. The molecule has 0 radical (unpaired) electrons. The summed E-state index contributed by atoms with van der Waals surface area (Å²) >= 11 is 1.36. The zero-order valence-electron chi connectivity index (χ0n) is 12.0. The van der Waals surface area contributed by atoms with Gasteiger partial charge >= 0.3 is 5.97 Å². The van der Waals surface area contributed by atoms with E-state index in [0.29, 0.717) is 17.5 Å². The van der Waals surface area contributed by atoms with E-state index in [4.69, 9.17) is 4.74 Å². The van der Waals surface area contributed by atoms with Crippen LogP contribution in [0.15, 0.2) is 18.5 Å². The summed E-state index contributed by atoms with van der Waals surface area (Å²) in [5.41, 5.74) is 0.891. The Kier molecular flexibility index (Phi) is 3.88. The summed E-state index contributed by atoms with van der Waals surface area (Å²) in [6.45, 7) is 4.10. The van der Waals surface area contributed by atoms with Crippen molar-refractivity contribution in [3.63, 3.8) is 0 Å². The molecule has 1 N–H and O–H groups in total. The Morgan fingerprint density at radius 3 is 2.90 bits per heavy atom. The molecule has 2 heterocycles. The van der Waals surface area contributed by atoms with Crippen LogP contribution in [-0.4, -0.2) is 28.6 Å². The SMILES string of the molecule is CCOC(=O)c1sc2ncnc(NC3CC=CC3)c2c1C. The number of nitrogens with one attached hydrogen (secondary N) is 1. The van der Waals surface area contributed by atoms with Gasteiger partial charge in [-0.25, -0.2) is 14.8 Å². The number of carbonyl (C=O) groups excluding carboxylic acids is 1. The second-order valence-corrected chi connectivity index (χ2v) is 5.96. The molecule has 6 heteroatoms. The van der Waals surface area contributed by atoms with Gasteiger partial charge in [-0.15, -0.1) is 11.3 Å². The normalized spacial score (nSPS) is 14.8. The molecule has 3 rings (SSSR count). The highest BCUT2D eigenvalue weighted by Gasteiger charge is 2.21. The van der Waals surface area contributed by atoms with Crippen molar-refractivity contribution < 1.29 is 9.53 Å². The molecule has 110 valence electrons. The zero-order valence-corrected chi connectivity index (χ0v) is 12.9. The first-order valence-electron chi connectivity index (χ1n) is 7.03. The minimum absolute atomic E-state index is 0.286. The predicted molar refractivity (Wildman–Crippen MR) is 83.9 cm³/mol. The number of rotatable bonds is 4. The number of ether oxygens (including phenoxy) is 1. The van der Waals surface area contributed by atoms with Crippen LogP contribution in [0.1, 0.15) is 35.0 Å². The lowest BCUT2D eigenvalue weighted by Gasteiger charge is -2.13. The van der Waals surface area contributed by atoms with Crippen molar-refractivity contribution in [2.45, 2.75) is 32.7 Å². The molecule has 0 saturated carbocycles. The number of nitrogens with zero attached hydrogens (tertiary/aromatic N) is 2. The Bertz CT molecular complexity index is 700. The molecule has 0 amide bonds. The average molecular weight is 303 g/mol. The highest BCUT2D eigenvalue weighted by atomic mass is 32.1. The summed E-state index contributed by atoms with van der Waals surface area (Å²) in [6.07, 6.45) is 7.87. The number of thiophene rings is 1. The topological polar surface area (TPSA) is 64.1 Å². The Hall–Kier alpha value is -1.95. The lowest BCUT2D eigenvalue weighted by Crippen LogP contribution is -2.16. The summed E-state index contributed by atoms with van der Waals surface area (Å²) in [5.74, 6) is 0.518. The number of esters is 1. The van der Waals surface area contributed by atoms with E-state index in [0.717, 1.165) is 34.4 Å². The summed E-state index contributed by atoms with van der Waals surface area (Å²) in [7, 11) is 0. The summed E-state index contributed by atoms with van der Waals surface area (Å²) in [5, 5.41) is 4.38. The second kappa shape index (κ2) is 5.81. The lowest BCUT2D eigenvalue weighted by molar-refractivity contribution is 0.0531. The Morgan fingerprint density at radius 1 is 1.43 bits per heavy atom. The van der Waals surface area contributed by atoms with E-state index < -0.39 is 0 Å². The van der Waals surface area contributed by atoms with Crippen LogP contribution in [0.2, 0.25) is 0 Å². The minimum atomic E-state index is -0.286. The molecule has 0 aromatic carbocycles. The third kappa shape index (κ3) is 2.63. The maximum absolute atomic E-state index is 12.0. The lowest BCUT2D eigenvalue weighted by atomic mass is 10.2. The van der Waals surface area contributed by atoms with Gasteiger partial charge in [-0.1, -0.05) is 12.2 Å².